The van der Waals surface area contributed by atoms with Crippen molar-refractivity contribution >= 4 is 5.91 Å². The van der Waals surface area contributed by atoms with Crippen molar-refractivity contribution in [2.75, 3.05) is 20.1 Å². The molecule has 0 aromatic carbocycles. The highest BCUT2D eigenvalue weighted by molar-refractivity contribution is 5.75. The van der Waals surface area contributed by atoms with Crippen molar-refractivity contribution in [3.05, 3.63) is 0 Å². The van der Waals surface area contributed by atoms with E-state index in [1.165, 1.54) is 7.05 Å². The second kappa shape index (κ2) is 6.00. The normalized spacial score (nSPS) is 20.9. The minimum atomic E-state index is -2.44. The molecule has 0 spiro atoms. The summed E-state index contributed by atoms with van der Waals surface area (Å²) in [5.41, 5.74) is 0. The van der Waals surface area contributed by atoms with Crippen molar-refractivity contribution in [3.63, 3.8) is 0 Å². The van der Waals surface area contributed by atoms with Crippen LogP contribution in [0.2, 0.25) is 0 Å². The molecule has 1 N–H and O–H groups in total. The van der Waals surface area contributed by atoms with Crippen molar-refractivity contribution < 1.29 is 13.6 Å². The number of carbonyl (C=O) groups excluding carboxylic acids is 1. The fourth-order valence-corrected chi connectivity index (χ4v) is 1.80. The monoisotopic (exact) mass is 220 g/mol. The van der Waals surface area contributed by atoms with Crippen LogP contribution in [0.5, 0.6) is 0 Å². The summed E-state index contributed by atoms with van der Waals surface area (Å²) >= 11 is 0. The van der Waals surface area contributed by atoms with E-state index in [9.17, 15) is 13.6 Å². The Hall–Kier alpha value is -0.710. The number of nitrogens with one attached hydrogen (secondary N) is 1. The van der Waals surface area contributed by atoms with Gasteiger partial charge in [0.05, 0.1) is 6.54 Å². The standard InChI is InChI=1S/C10H18F2N2O/c1-14(7-9(11)12)10(15)5-4-8-3-2-6-13-8/h8-9,13H,2-7H2,1H3. The first-order valence-electron chi connectivity index (χ1n) is 5.35. The molecule has 1 fully saturated rings. The van der Waals surface area contributed by atoms with E-state index < -0.39 is 13.0 Å². The molecule has 1 atom stereocenters. The highest BCUT2D eigenvalue weighted by Crippen LogP contribution is 2.11. The van der Waals surface area contributed by atoms with Gasteiger partial charge in [0.15, 0.2) is 0 Å². The number of amides is 1. The quantitative estimate of drug-likeness (QED) is 0.756. The summed E-state index contributed by atoms with van der Waals surface area (Å²) in [6.07, 6.45) is 0.911. The van der Waals surface area contributed by atoms with Gasteiger partial charge in [0.25, 0.3) is 6.43 Å². The van der Waals surface area contributed by atoms with Crippen LogP contribution in [0.25, 0.3) is 0 Å². The molecule has 88 valence electrons. The van der Waals surface area contributed by atoms with Crippen LogP contribution < -0.4 is 5.32 Å². The minimum absolute atomic E-state index is 0.191. The van der Waals surface area contributed by atoms with Crippen molar-refractivity contribution in [3.8, 4) is 0 Å². The molecule has 1 aliphatic rings. The van der Waals surface area contributed by atoms with Gasteiger partial charge in [-0.05, 0) is 25.8 Å². The summed E-state index contributed by atoms with van der Waals surface area (Å²) in [5, 5.41) is 3.27. The van der Waals surface area contributed by atoms with Gasteiger partial charge in [-0.1, -0.05) is 0 Å². The molecule has 1 aliphatic heterocycles. The van der Waals surface area contributed by atoms with Crippen molar-refractivity contribution in [1.29, 1.82) is 0 Å². The minimum Gasteiger partial charge on any atom is -0.340 e. The van der Waals surface area contributed by atoms with Crippen LogP contribution in [0.3, 0.4) is 0 Å². The fraction of sp³-hybridized carbons (Fsp3) is 0.900. The molecule has 1 saturated heterocycles. The van der Waals surface area contributed by atoms with Gasteiger partial charge in [-0.3, -0.25) is 4.79 Å². The maximum absolute atomic E-state index is 12.0. The van der Waals surface area contributed by atoms with Gasteiger partial charge in [-0.25, -0.2) is 8.78 Å². The largest absolute Gasteiger partial charge is 0.340 e. The molecule has 5 heteroatoms. The maximum atomic E-state index is 12.0. The van der Waals surface area contributed by atoms with Gasteiger partial charge < -0.3 is 10.2 Å². The van der Waals surface area contributed by atoms with Gasteiger partial charge in [0.2, 0.25) is 5.91 Å². The molecule has 3 nitrogen and oxygen atoms in total. The van der Waals surface area contributed by atoms with E-state index in [1.807, 2.05) is 0 Å². The zero-order valence-corrected chi connectivity index (χ0v) is 9.01. The van der Waals surface area contributed by atoms with E-state index in [0.29, 0.717) is 12.5 Å². The van der Waals surface area contributed by atoms with Gasteiger partial charge in [-0.2, -0.15) is 0 Å². The first-order valence-corrected chi connectivity index (χ1v) is 5.35. The summed E-state index contributed by atoms with van der Waals surface area (Å²) < 4.78 is 24.0. The fourth-order valence-electron chi connectivity index (χ4n) is 1.80. The molecular weight excluding hydrogens is 202 g/mol. The van der Waals surface area contributed by atoms with Crippen molar-refractivity contribution in [2.45, 2.75) is 38.2 Å². The summed E-state index contributed by atoms with van der Waals surface area (Å²) in [5.74, 6) is -0.191. The molecule has 1 heterocycles. The first-order chi connectivity index (χ1) is 7.09. The predicted molar refractivity (Wildman–Crippen MR) is 53.9 cm³/mol. The van der Waals surface area contributed by atoms with Crippen LogP contribution in [0.1, 0.15) is 25.7 Å². The Bertz CT molecular complexity index is 206. The Balaban J connectivity index is 2.16. The van der Waals surface area contributed by atoms with E-state index in [-0.39, 0.29) is 5.91 Å². The van der Waals surface area contributed by atoms with E-state index in [0.717, 1.165) is 30.7 Å². The third kappa shape index (κ3) is 4.55. The van der Waals surface area contributed by atoms with Gasteiger partial charge in [-0.15, -0.1) is 0 Å². The number of alkyl halides is 2. The van der Waals surface area contributed by atoms with E-state index in [4.69, 9.17) is 0 Å². The van der Waals surface area contributed by atoms with E-state index in [2.05, 4.69) is 5.32 Å². The molecular formula is C10H18F2N2O. The second-order valence-electron chi connectivity index (χ2n) is 4.00. The lowest BCUT2D eigenvalue weighted by molar-refractivity contribution is -0.131. The third-order valence-corrected chi connectivity index (χ3v) is 2.71. The number of rotatable bonds is 5. The zero-order chi connectivity index (χ0) is 11.3. The number of halogens is 2. The molecule has 0 saturated carbocycles. The van der Waals surface area contributed by atoms with Crippen molar-refractivity contribution in [2.24, 2.45) is 0 Å². The Morgan fingerprint density at radius 3 is 2.87 bits per heavy atom. The number of hydrogen-bond acceptors (Lipinski definition) is 2. The number of carbonyl (C=O) groups is 1. The topological polar surface area (TPSA) is 32.3 Å². The summed E-state index contributed by atoms with van der Waals surface area (Å²) in [6, 6.07) is 0.397. The molecule has 15 heavy (non-hydrogen) atoms. The lowest BCUT2D eigenvalue weighted by Gasteiger charge is -2.17. The smallest absolute Gasteiger partial charge is 0.255 e. The van der Waals surface area contributed by atoms with Crippen LogP contribution >= 0.6 is 0 Å². The van der Waals surface area contributed by atoms with Crippen LogP contribution in [-0.4, -0.2) is 43.4 Å². The molecule has 1 rings (SSSR count). The Kier molecular flexibility index (Phi) is 4.94. The van der Waals surface area contributed by atoms with Crippen LogP contribution in [0, 0.1) is 0 Å². The van der Waals surface area contributed by atoms with Gasteiger partial charge >= 0.3 is 0 Å². The summed E-state index contributed by atoms with van der Waals surface area (Å²) in [4.78, 5) is 12.5. The maximum Gasteiger partial charge on any atom is 0.255 e. The average Bonchev–Trinajstić information content (AvgIpc) is 2.65. The van der Waals surface area contributed by atoms with E-state index in [1.54, 1.807) is 0 Å². The molecule has 0 radical (unpaired) electrons. The molecule has 0 aromatic rings. The summed E-state index contributed by atoms with van der Waals surface area (Å²) in [7, 11) is 1.43. The number of nitrogens with zero attached hydrogens (tertiary/aromatic N) is 1. The molecule has 0 aliphatic carbocycles. The van der Waals surface area contributed by atoms with Crippen LogP contribution in [-0.2, 0) is 4.79 Å². The molecule has 0 aromatic heterocycles. The number of hydrogen-bond donors (Lipinski definition) is 1. The van der Waals surface area contributed by atoms with Crippen LogP contribution in [0.4, 0.5) is 8.78 Å². The lowest BCUT2D eigenvalue weighted by atomic mass is 10.1. The Morgan fingerprint density at radius 1 is 1.60 bits per heavy atom. The molecule has 1 unspecified atom stereocenters. The zero-order valence-electron chi connectivity index (χ0n) is 9.01. The first kappa shape index (κ1) is 12.4. The SMILES string of the molecule is CN(CC(F)F)C(=O)CCC1CCCN1. The second-order valence-corrected chi connectivity index (χ2v) is 4.00. The average molecular weight is 220 g/mol. The van der Waals surface area contributed by atoms with E-state index >= 15 is 0 Å². The molecule has 1 amide bonds. The Morgan fingerprint density at radius 2 is 2.33 bits per heavy atom. The lowest BCUT2D eigenvalue weighted by Crippen LogP contribution is -2.32. The summed E-state index contributed by atoms with van der Waals surface area (Å²) in [6.45, 7) is 0.544. The van der Waals surface area contributed by atoms with Gasteiger partial charge in [0, 0.05) is 19.5 Å². The highest BCUT2D eigenvalue weighted by Gasteiger charge is 2.18. The van der Waals surface area contributed by atoms with Gasteiger partial charge in [0.1, 0.15) is 0 Å². The molecule has 0 bridgehead atoms. The highest BCUT2D eigenvalue weighted by atomic mass is 19.3. The Labute approximate surface area is 88.8 Å². The predicted octanol–water partition coefficient (Wildman–Crippen LogP) is 1.24. The third-order valence-electron chi connectivity index (χ3n) is 2.71. The van der Waals surface area contributed by atoms with Crippen molar-refractivity contribution in [1.82, 2.24) is 10.2 Å². The van der Waals surface area contributed by atoms with Crippen LogP contribution in [0.15, 0.2) is 0 Å².